The van der Waals surface area contributed by atoms with Crippen molar-refractivity contribution in [3.63, 3.8) is 0 Å². The van der Waals surface area contributed by atoms with Crippen LogP contribution >= 0.6 is 11.8 Å². The topological polar surface area (TPSA) is 34.0 Å². The van der Waals surface area contributed by atoms with Crippen molar-refractivity contribution in [1.82, 2.24) is 19.4 Å². The van der Waals surface area contributed by atoms with Gasteiger partial charge in [0.15, 0.2) is 0 Å². The standard InChI is InChI=1S/C21H24F2N4S/c1-14(2)20-21(28-18-10-16(22)9-17(23)11-18)27(19(25-20)13-26(3)4)12-15-5-7-24-8-6-15/h5-11,14H,12-13H2,1-4H3. The van der Waals surface area contributed by atoms with Crippen molar-refractivity contribution in [3.8, 4) is 0 Å². The number of hydrogen-bond acceptors (Lipinski definition) is 4. The first-order valence-corrected chi connectivity index (χ1v) is 9.92. The smallest absolute Gasteiger partial charge is 0.127 e. The first kappa shape index (κ1) is 20.5. The molecule has 3 aromatic rings. The predicted octanol–water partition coefficient (Wildman–Crippen LogP) is 4.94. The molecule has 1 aromatic carbocycles. The Labute approximate surface area is 168 Å². The lowest BCUT2D eigenvalue weighted by molar-refractivity contribution is 0.380. The molecule has 3 rings (SSSR count). The van der Waals surface area contributed by atoms with Gasteiger partial charge in [0.25, 0.3) is 0 Å². The number of nitrogens with zero attached hydrogens (tertiary/aromatic N) is 4. The molecule has 0 unspecified atom stereocenters. The van der Waals surface area contributed by atoms with Crippen LogP contribution in [-0.4, -0.2) is 33.5 Å². The van der Waals surface area contributed by atoms with Crippen LogP contribution in [0, 0.1) is 11.6 Å². The number of halogens is 2. The highest BCUT2D eigenvalue weighted by molar-refractivity contribution is 7.99. The fourth-order valence-corrected chi connectivity index (χ4v) is 4.15. The fourth-order valence-electron chi connectivity index (χ4n) is 2.92. The van der Waals surface area contributed by atoms with E-state index in [2.05, 4.69) is 28.3 Å². The number of hydrogen-bond donors (Lipinski definition) is 0. The maximum absolute atomic E-state index is 13.7. The van der Waals surface area contributed by atoms with E-state index in [1.54, 1.807) is 12.4 Å². The van der Waals surface area contributed by atoms with Crippen LogP contribution < -0.4 is 0 Å². The van der Waals surface area contributed by atoms with E-state index in [9.17, 15) is 8.78 Å². The van der Waals surface area contributed by atoms with Crippen LogP contribution in [0.3, 0.4) is 0 Å². The molecule has 0 bridgehead atoms. The van der Waals surface area contributed by atoms with Gasteiger partial charge < -0.3 is 9.47 Å². The lowest BCUT2D eigenvalue weighted by atomic mass is 10.1. The van der Waals surface area contributed by atoms with E-state index in [1.807, 2.05) is 26.2 Å². The van der Waals surface area contributed by atoms with Gasteiger partial charge in [0.05, 0.1) is 12.2 Å². The number of aromatic nitrogens is 3. The van der Waals surface area contributed by atoms with Crippen LogP contribution in [0.2, 0.25) is 0 Å². The SMILES string of the molecule is CC(C)c1nc(CN(C)C)n(Cc2ccncc2)c1Sc1cc(F)cc(F)c1. The Kier molecular flexibility index (Phi) is 6.46. The van der Waals surface area contributed by atoms with Gasteiger partial charge in [-0.3, -0.25) is 4.98 Å². The van der Waals surface area contributed by atoms with Gasteiger partial charge >= 0.3 is 0 Å². The predicted molar refractivity (Wildman–Crippen MR) is 108 cm³/mol. The number of rotatable bonds is 7. The molecule has 0 N–H and O–H groups in total. The third-order valence-electron chi connectivity index (χ3n) is 4.17. The molecule has 4 nitrogen and oxygen atoms in total. The minimum atomic E-state index is -0.581. The molecule has 2 heterocycles. The van der Waals surface area contributed by atoms with Crippen LogP contribution in [0.25, 0.3) is 0 Å². The Balaban J connectivity index is 2.09. The van der Waals surface area contributed by atoms with Crippen molar-refractivity contribution in [2.45, 2.75) is 42.8 Å². The summed E-state index contributed by atoms with van der Waals surface area (Å²) in [6, 6.07) is 7.52. The zero-order valence-corrected chi connectivity index (χ0v) is 17.3. The molecule has 0 aliphatic rings. The molecule has 0 amide bonds. The largest absolute Gasteiger partial charge is 0.317 e. The zero-order chi connectivity index (χ0) is 20.3. The molecule has 0 aliphatic carbocycles. The molecule has 0 saturated carbocycles. The minimum absolute atomic E-state index is 0.181. The van der Waals surface area contributed by atoms with Crippen molar-refractivity contribution in [2.75, 3.05) is 14.1 Å². The molecule has 0 atom stereocenters. The van der Waals surface area contributed by atoms with Crippen LogP contribution in [0.15, 0.2) is 52.6 Å². The van der Waals surface area contributed by atoms with Crippen molar-refractivity contribution in [2.24, 2.45) is 0 Å². The Morgan fingerprint density at radius 3 is 2.29 bits per heavy atom. The first-order valence-electron chi connectivity index (χ1n) is 9.10. The highest BCUT2D eigenvalue weighted by atomic mass is 32.2. The van der Waals surface area contributed by atoms with Gasteiger partial charge in [0, 0.05) is 29.9 Å². The summed E-state index contributed by atoms with van der Waals surface area (Å²) < 4.78 is 29.6. The molecule has 2 aromatic heterocycles. The van der Waals surface area contributed by atoms with E-state index in [0.717, 1.165) is 28.2 Å². The lowest BCUT2D eigenvalue weighted by Crippen LogP contribution is -2.16. The Hall–Kier alpha value is -2.25. The van der Waals surface area contributed by atoms with E-state index in [4.69, 9.17) is 4.98 Å². The average Bonchev–Trinajstić information content (AvgIpc) is 2.92. The summed E-state index contributed by atoms with van der Waals surface area (Å²) in [4.78, 5) is 11.5. The third-order valence-corrected chi connectivity index (χ3v) is 5.26. The van der Waals surface area contributed by atoms with Crippen molar-refractivity contribution in [1.29, 1.82) is 0 Å². The first-order chi connectivity index (χ1) is 13.3. The molecule has 0 spiro atoms. The van der Waals surface area contributed by atoms with Gasteiger partial charge in [0.1, 0.15) is 22.5 Å². The van der Waals surface area contributed by atoms with Crippen molar-refractivity contribution in [3.05, 3.63) is 71.4 Å². The van der Waals surface area contributed by atoms with Crippen molar-refractivity contribution >= 4 is 11.8 Å². The van der Waals surface area contributed by atoms with E-state index in [1.165, 1.54) is 23.9 Å². The monoisotopic (exact) mass is 402 g/mol. The van der Waals surface area contributed by atoms with Crippen LogP contribution in [0.1, 0.15) is 36.8 Å². The van der Waals surface area contributed by atoms with Gasteiger partial charge in [-0.1, -0.05) is 25.6 Å². The molecule has 0 saturated heterocycles. The summed E-state index contributed by atoms with van der Waals surface area (Å²) in [6.07, 6.45) is 3.52. The summed E-state index contributed by atoms with van der Waals surface area (Å²) in [5, 5.41) is 0.911. The Bertz CT molecular complexity index is 919. The molecular weight excluding hydrogens is 378 g/mol. The highest BCUT2D eigenvalue weighted by Crippen LogP contribution is 2.36. The normalized spacial score (nSPS) is 11.6. The second-order valence-corrected chi connectivity index (χ2v) is 8.32. The van der Waals surface area contributed by atoms with E-state index in [0.29, 0.717) is 18.0 Å². The maximum Gasteiger partial charge on any atom is 0.127 e. The second kappa shape index (κ2) is 8.84. The average molecular weight is 403 g/mol. The minimum Gasteiger partial charge on any atom is -0.317 e. The maximum atomic E-state index is 13.7. The highest BCUT2D eigenvalue weighted by Gasteiger charge is 2.21. The Morgan fingerprint density at radius 1 is 1.07 bits per heavy atom. The second-order valence-electron chi connectivity index (χ2n) is 7.26. The number of imidazole rings is 1. The summed E-state index contributed by atoms with van der Waals surface area (Å²) >= 11 is 1.35. The van der Waals surface area contributed by atoms with Gasteiger partial charge in [0.2, 0.25) is 0 Å². The summed E-state index contributed by atoms with van der Waals surface area (Å²) in [7, 11) is 3.99. The molecule has 148 valence electrons. The fraction of sp³-hybridized carbons (Fsp3) is 0.333. The van der Waals surface area contributed by atoms with Gasteiger partial charge in [-0.05, 0) is 49.8 Å². The molecule has 0 aliphatic heterocycles. The Morgan fingerprint density at radius 2 is 1.71 bits per heavy atom. The van der Waals surface area contributed by atoms with E-state index >= 15 is 0 Å². The molecular formula is C21H24F2N4S. The summed E-state index contributed by atoms with van der Waals surface area (Å²) in [5.41, 5.74) is 2.02. The van der Waals surface area contributed by atoms with Gasteiger partial charge in [-0.2, -0.15) is 0 Å². The summed E-state index contributed by atoms with van der Waals surface area (Å²) in [6.45, 7) is 5.44. The van der Waals surface area contributed by atoms with Crippen LogP contribution in [0.4, 0.5) is 8.78 Å². The quantitative estimate of drug-likeness (QED) is 0.561. The lowest BCUT2D eigenvalue weighted by Gasteiger charge is -2.15. The number of benzene rings is 1. The summed E-state index contributed by atoms with van der Waals surface area (Å²) in [5.74, 6) is -0.0602. The molecule has 0 radical (unpaired) electrons. The third kappa shape index (κ3) is 4.97. The van der Waals surface area contributed by atoms with Gasteiger partial charge in [-0.25, -0.2) is 13.8 Å². The molecule has 28 heavy (non-hydrogen) atoms. The molecule has 0 fully saturated rings. The van der Waals surface area contributed by atoms with Gasteiger partial charge in [-0.15, -0.1) is 0 Å². The van der Waals surface area contributed by atoms with Crippen LogP contribution in [0.5, 0.6) is 0 Å². The molecule has 7 heteroatoms. The van der Waals surface area contributed by atoms with E-state index in [-0.39, 0.29) is 5.92 Å². The van der Waals surface area contributed by atoms with E-state index < -0.39 is 11.6 Å². The number of pyridine rings is 1. The van der Waals surface area contributed by atoms with Crippen molar-refractivity contribution < 1.29 is 8.78 Å². The zero-order valence-electron chi connectivity index (χ0n) is 16.5. The van der Waals surface area contributed by atoms with Crippen LogP contribution in [-0.2, 0) is 13.1 Å².